The molecular weight excluding hydrogens is 344 g/mol. The average Bonchev–Trinajstić information content (AvgIpc) is 3.34. The van der Waals surface area contributed by atoms with Gasteiger partial charge in [-0.25, -0.2) is 4.98 Å². The first-order valence-corrected chi connectivity index (χ1v) is 9.58. The Labute approximate surface area is 158 Å². The van der Waals surface area contributed by atoms with Crippen LogP contribution in [0.15, 0.2) is 53.1 Å². The maximum atomic E-state index is 4.57. The molecular formula is C19H24N6S. The van der Waals surface area contributed by atoms with Crippen molar-refractivity contribution in [2.24, 2.45) is 4.99 Å². The highest BCUT2D eigenvalue weighted by Gasteiger charge is 2.06. The van der Waals surface area contributed by atoms with E-state index < -0.39 is 0 Å². The molecule has 136 valence electrons. The van der Waals surface area contributed by atoms with Crippen LogP contribution in [0.1, 0.15) is 28.8 Å². The van der Waals surface area contributed by atoms with E-state index >= 15 is 0 Å². The second-order valence-electron chi connectivity index (χ2n) is 5.84. The lowest BCUT2D eigenvalue weighted by Crippen LogP contribution is -2.36. The standard InChI is InChI=1S/C19H24N6S/c1-3-18-24-17(14-26-18)12-22-19(20-2)21-11-15-7-4-5-8-16(15)13-25-10-6-9-23-25/h4-10,14H,3,11-13H2,1-2H3,(H2,20,21,22). The van der Waals surface area contributed by atoms with Crippen LogP contribution in [0.25, 0.3) is 0 Å². The van der Waals surface area contributed by atoms with Crippen LogP contribution in [-0.4, -0.2) is 27.8 Å². The predicted molar refractivity (Wildman–Crippen MR) is 106 cm³/mol. The SMILES string of the molecule is CCc1nc(CNC(=NC)NCc2ccccc2Cn2cccn2)cs1. The first-order valence-electron chi connectivity index (χ1n) is 8.70. The molecule has 0 radical (unpaired) electrons. The highest BCUT2D eigenvalue weighted by Crippen LogP contribution is 2.11. The van der Waals surface area contributed by atoms with Crippen LogP contribution in [-0.2, 0) is 26.1 Å². The second kappa shape index (κ2) is 9.15. The number of hydrogen-bond donors (Lipinski definition) is 2. The summed E-state index contributed by atoms with van der Waals surface area (Å²) < 4.78 is 1.93. The summed E-state index contributed by atoms with van der Waals surface area (Å²) in [6.07, 6.45) is 4.75. The number of aromatic nitrogens is 3. The molecule has 0 saturated heterocycles. The number of nitrogens with one attached hydrogen (secondary N) is 2. The van der Waals surface area contributed by atoms with Crippen LogP contribution in [0, 0.1) is 0 Å². The molecule has 0 fully saturated rings. The highest BCUT2D eigenvalue weighted by molar-refractivity contribution is 7.09. The molecule has 0 aliphatic carbocycles. The molecule has 7 heteroatoms. The molecule has 0 amide bonds. The Bertz CT molecular complexity index is 837. The summed E-state index contributed by atoms with van der Waals surface area (Å²) in [6.45, 7) is 4.26. The average molecular weight is 369 g/mol. The Balaban J connectivity index is 1.56. The van der Waals surface area contributed by atoms with E-state index in [0.29, 0.717) is 13.1 Å². The summed E-state index contributed by atoms with van der Waals surface area (Å²) >= 11 is 1.70. The first-order chi connectivity index (χ1) is 12.8. The minimum absolute atomic E-state index is 0.672. The molecule has 0 bridgehead atoms. The number of hydrogen-bond acceptors (Lipinski definition) is 4. The Hall–Kier alpha value is -2.67. The van der Waals surface area contributed by atoms with E-state index in [-0.39, 0.29) is 0 Å². The van der Waals surface area contributed by atoms with Crippen LogP contribution in [0.4, 0.5) is 0 Å². The summed E-state index contributed by atoms with van der Waals surface area (Å²) in [5.74, 6) is 0.768. The summed E-state index contributed by atoms with van der Waals surface area (Å²) in [6, 6.07) is 10.3. The molecule has 1 aromatic carbocycles. The van der Waals surface area contributed by atoms with Crippen LogP contribution in [0.5, 0.6) is 0 Å². The van der Waals surface area contributed by atoms with Crippen molar-refractivity contribution >= 4 is 17.3 Å². The second-order valence-corrected chi connectivity index (χ2v) is 6.78. The maximum Gasteiger partial charge on any atom is 0.191 e. The molecule has 0 spiro atoms. The molecule has 2 heterocycles. The fourth-order valence-corrected chi connectivity index (χ4v) is 3.36. The van der Waals surface area contributed by atoms with Gasteiger partial charge in [0.15, 0.2) is 5.96 Å². The van der Waals surface area contributed by atoms with Gasteiger partial charge in [-0.1, -0.05) is 31.2 Å². The van der Waals surface area contributed by atoms with Crippen molar-refractivity contribution in [3.8, 4) is 0 Å². The van der Waals surface area contributed by atoms with Crippen molar-refractivity contribution in [1.29, 1.82) is 0 Å². The zero-order valence-corrected chi connectivity index (χ0v) is 16.0. The topological polar surface area (TPSA) is 67.1 Å². The van der Waals surface area contributed by atoms with Crippen molar-refractivity contribution in [2.75, 3.05) is 7.05 Å². The largest absolute Gasteiger partial charge is 0.352 e. The number of aliphatic imine (C=N–C) groups is 1. The molecule has 3 aromatic rings. The van der Waals surface area contributed by atoms with E-state index in [4.69, 9.17) is 0 Å². The maximum absolute atomic E-state index is 4.57. The van der Waals surface area contributed by atoms with Gasteiger partial charge in [0.1, 0.15) is 0 Å². The highest BCUT2D eigenvalue weighted by atomic mass is 32.1. The lowest BCUT2D eigenvalue weighted by molar-refractivity contribution is 0.677. The monoisotopic (exact) mass is 368 g/mol. The van der Waals surface area contributed by atoms with Gasteiger partial charge >= 0.3 is 0 Å². The minimum Gasteiger partial charge on any atom is -0.352 e. The molecule has 2 aromatic heterocycles. The van der Waals surface area contributed by atoms with E-state index in [1.807, 2.05) is 16.9 Å². The van der Waals surface area contributed by atoms with Crippen LogP contribution >= 0.6 is 11.3 Å². The first kappa shape index (κ1) is 18.1. The van der Waals surface area contributed by atoms with E-state index in [1.54, 1.807) is 24.6 Å². The Kier molecular flexibility index (Phi) is 6.38. The van der Waals surface area contributed by atoms with E-state index in [9.17, 15) is 0 Å². The lowest BCUT2D eigenvalue weighted by Gasteiger charge is -2.14. The van der Waals surface area contributed by atoms with Gasteiger partial charge in [0.05, 0.1) is 23.8 Å². The van der Waals surface area contributed by atoms with Crippen molar-refractivity contribution in [1.82, 2.24) is 25.4 Å². The van der Waals surface area contributed by atoms with Crippen LogP contribution in [0.3, 0.4) is 0 Å². The predicted octanol–water partition coefficient (Wildman–Crippen LogP) is 2.82. The van der Waals surface area contributed by atoms with Crippen LogP contribution < -0.4 is 10.6 Å². The lowest BCUT2D eigenvalue weighted by atomic mass is 10.1. The van der Waals surface area contributed by atoms with Gasteiger partial charge in [0, 0.05) is 31.4 Å². The van der Waals surface area contributed by atoms with E-state index in [2.05, 4.69) is 62.3 Å². The quantitative estimate of drug-likeness (QED) is 0.497. The van der Waals surface area contributed by atoms with Crippen molar-refractivity contribution in [2.45, 2.75) is 33.0 Å². The van der Waals surface area contributed by atoms with E-state index in [1.165, 1.54) is 11.1 Å². The van der Waals surface area contributed by atoms with Gasteiger partial charge in [-0.3, -0.25) is 9.67 Å². The summed E-state index contributed by atoms with van der Waals surface area (Å²) in [5, 5.41) is 14.3. The molecule has 2 N–H and O–H groups in total. The third-order valence-corrected chi connectivity index (χ3v) is 5.06. The van der Waals surface area contributed by atoms with Crippen molar-refractivity contribution in [3.63, 3.8) is 0 Å². The van der Waals surface area contributed by atoms with E-state index in [0.717, 1.165) is 29.6 Å². The number of guanidine groups is 1. The van der Waals surface area contributed by atoms with Crippen LogP contribution in [0.2, 0.25) is 0 Å². The van der Waals surface area contributed by atoms with Crippen molar-refractivity contribution < 1.29 is 0 Å². The molecule has 6 nitrogen and oxygen atoms in total. The number of benzene rings is 1. The summed E-state index contributed by atoms with van der Waals surface area (Å²) in [4.78, 5) is 8.88. The molecule has 3 rings (SSSR count). The third-order valence-electron chi connectivity index (χ3n) is 4.02. The number of aryl methyl sites for hydroxylation is 1. The van der Waals surface area contributed by atoms with Gasteiger partial charge in [-0.05, 0) is 23.6 Å². The summed E-state index contributed by atoms with van der Waals surface area (Å²) in [7, 11) is 1.78. The number of nitrogens with zero attached hydrogens (tertiary/aromatic N) is 4. The van der Waals surface area contributed by atoms with Gasteiger partial charge in [0.2, 0.25) is 0 Å². The summed E-state index contributed by atoms with van der Waals surface area (Å²) in [5.41, 5.74) is 3.52. The molecule has 0 atom stereocenters. The Morgan fingerprint density at radius 3 is 2.65 bits per heavy atom. The Morgan fingerprint density at radius 2 is 1.96 bits per heavy atom. The number of thiazole rings is 1. The van der Waals surface area contributed by atoms with Gasteiger partial charge in [-0.2, -0.15) is 5.10 Å². The molecule has 26 heavy (non-hydrogen) atoms. The molecule has 0 unspecified atom stereocenters. The fraction of sp³-hybridized carbons (Fsp3) is 0.316. The number of rotatable bonds is 7. The fourth-order valence-electron chi connectivity index (χ4n) is 2.62. The Morgan fingerprint density at radius 1 is 1.15 bits per heavy atom. The molecule has 0 saturated carbocycles. The van der Waals surface area contributed by atoms with Gasteiger partial charge < -0.3 is 10.6 Å². The van der Waals surface area contributed by atoms with Gasteiger partial charge in [0.25, 0.3) is 0 Å². The minimum atomic E-state index is 0.672. The molecule has 0 aliphatic heterocycles. The van der Waals surface area contributed by atoms with Gasteiger partial charge in [-0.15, -0.1) is 11.3 Å². The zero-order chi connectivity index (χ0) is 18.2. The zero-order valence-electron chi connectivity index (χ0n) is 15.1. The normalized spacial score (nSPS) is 11.5. The molecule has 0 aliphatic rings. The van der Waals surface area contributed by atoms with Crippen molar-refractivity contribution in [3.05, 3.63) is 69.9 Å². The third kappa shape index (κ3) is 4.92. The smallest absolute Gasteiger partial charge is 0.191 e.